The van der Waals surface area contributed by atoms with Crippen LogP contribution < -0.4 is 11.1 Å². The molecule has 3 N–H and O–H groups in total. The first-order valence-electron chi connectivity index (χ1n) is 4.98. The summed E-state index contributed by atoms with van der Waals surface area (Å²) in [5.41, 5.74) is 5.20. The predicted octanol–water partition coefficient (Wildman–Crippen LogP) is 1.42. The van der Waals surface area contributed by atoms with Crippen LogP contribution in [0.1, 0.15) is 18.9 Å². The maximum absolute atomic E-state index is 13.2. The number of amides is 1. The smallest absolute Gasteiger partial charge is 0.216 e. The molecule has 0 heterocycles. The van der Waals surface area contributed by atoms with Crippen LogP contribution in [0.25, 0.3) is 0 Å². The van der Waals surface area contributed by atoms with Crippen molar-refractivity contribution in [2.75, 3.05) is 12.3 Å². The van der Waals surface area contributed by atoms with Gasteiger partial charge in [-0.15, -0.1) is 0 Å². The van der Waals surface area contributed by atoms with Crippen LogP contribution in [0, 0.1) is 23.5 Å². The third kappa shape index (κ3) is 4.11. The van der Waals surface area contributed by atoms with E-state index in [0.717, 1.165) is 6.07 Å². The summed E-state index contributed by atoms with van der Waals surface area (Å²) >= 11 is 0. The fraction of sp³-hybridized carbons (Fsp3) is 0.250. The lowest BCUT2D eigenvalue weighted by Gasteiger charge is -1.99. The number of halogens is 2. The van der Waals surface area contributed by atoms with E-state index in [2.05, 4.69) is 17.2 Å². The third-order valence-corrected chi connectivity index (χ3v) is 1.93. The third-order valence-electron chi connectivity index (χ3n) is 1.93. The highest BCUT2D eigenvalue weighted by Crippen LogP contribution is 2.15. The summed E-state index contributed by atoms with van der Waals surface area (Å²) in [6.45, 7) is 1.79. The Morgan fingerprint density at radius 1 is 1.41 bits per heavy atom. The number of carbonyl (C=O) groups is 1. The fourth-order valence-electron chi connectivity index (χ4n) is 1.12. The molecule has 0 bridgehead atoms. The van der Waals surface area contributed by atoms with Gasteiger partial charge in [-0.25, -0.2) is 8.78 Å². The Morgan fingerprint density at radius 2 is 2.12 bits per heavy atom. The Hall–Kier alpha value is -2.09. The van der Waals surface area contributed by atoms with E-state index in [9.17, 15) is 13.6 Å². The number of nitrogens with two attached hydrogens (primary N) is 1. The van der Waals surface area contributed by atoms with Gasteiger partial charge in [0.1, 0.15) is 11.6 Å². The Bertz CT molecular complexity index is 489. The lowest BCUT2D eigenvalue weighted by Crippen LogP contribution is -2.20. The van der Waals surface area contributed by atoms with Crippen molar-refractivity contribution >= 4 is 11.6 Å². The van der Waals surface area contributed by atoms with Crippen molar-refractivity contribution in [3.63, 3.8) is 0 Å². The van der Waals surface area contributed by atoms with Gasteiger partial charge in [0.15, 0.2) is 0 Å². The molecule has 0 atom stereocenters. The molecule has 0 aromatic heterocycles. The first-order chi connectivity index (χ1) is 8.00. The molecule has 0 aliphatic heterocycles. The van der Waals surface area contributed by atoms with Crippen molar-refractivity contribution in [3.8, 4) is 11.8 Å². The van der Waals surface area contributed by atoms with Crippen LogP contribution in [0.4, 0.5) is 14.5 Å². The van der Waals surface area contributed by atoms with Gasteiger partial charge in [-0.1, -0.05) is 11.8 Å². The SMILES string of the molecule is CC(=O)NCCC#Cc1cc(N)c(F)cc1F. The Balaban J connectivity index is 2.66. The van der Waals surface area contributed by atoms with E-state index in [-0.39, 0.29) is 17.2 Å². The van der Waals surface area contributed by atoms with Crippen LogP contribution in [0.2, 0.25) is 0 Å². The second-order valence-electron chi connectivity index (χ2n) is 3.39. The highest BCUT2D eigenvalue weighted by Gasteiger charge is 2.05. The highest BCUT2D eigenvalue weighted by atomic mass is 19.1. The van der Waals surface area contributed by atoms with E-state index in [4.69, 9.17) is 5.73 Å². The summed E-state index contributed by atoms with van der Waals surface area (Å²) in [5.74, 6) is 3.50. The largest absolute Gasteiger partial charge is 0.396 e. The van der Waals surface area contributed by atoms with Crippen LogP contribution in [0.3, 0.4) is 0 Å². The number of hydrogen-bond donors (Lipinski definition) is 2. The number of hydrogen-bond acceptors (Lipinski definition) is 2. The number of rotatable bonds is 2. The fourth-order valence-corrected chi connectivity index (χ4v) is 1.12. The zero-order chi connectivity index (χ0) is 12.8. The van der Waals surface area contributed by atoms with Crippen molar-refractivity contribution in [1.82, 2.24) is 5.32 Å². The summed E-state index contributed by atoms with van der Waals surface area (Å²) in [7, 11) is 0. The molecular formula is C12H12F2N2O. The van der Waals surface area contributed by atoms with Crippen LogP contribution in [-0.4, -0.2) is 12.5 Å². The molecule has 0 spiro atoms. The van der Waals surface area contributed by atoms with Gasteiger partial charge in [0.05, 0.1) is 11.3 Å². The van der Waals surface area contributed by atoms with Gasteiger partial charge in [0, 0.05) is 26.0 Å². The van der Waals surface area contributed by atoms with Gasteiger partial charge in [-0.2, -0.15) is 0 Å². The van der Waals surface area contributed by atoms with Crippen LogP contribution in [0.15, 0.2) is 12.1 Å². The lowest BCUT2D eigenvalue weighted by atomic mass is 10.2. The number of nitrogen functional groups attached to an aromatic ring is 1. The molecule has 90 valence electrons. The molecule has 0 unspecified atom stereocenters. The summed E-state index contributed by atoms with van der Waals surface area (Å²) in [5, 5.41) is 2.55. The van der Waals surface area contributed by atoms with E-state index in [1.165, 1.54) is 6.92 Å². The molecular weight excluding hydrogens is 226 g/mol. The van der Waals surface area contributed by atoms with Crippen molar-refractivity contribution in [3.05, 3.63) is 29.3 Å². The minimum absolute atomic E-state index is 0.0479. The summed E-state index contributed by atoms with van der Waals surface area (Å²) in [6.07, 6.45) is 0.385. The van der Waals surface area contributed by atoms with Gasteiger partial charge >= 0.3 is 0 Å². The summed E-state index contributed by atoms with van der Waals surface area (Å²) < 4.78 is 26.0. The van der Waals surface area contributed by atoms with E-state index in [1.54, 1.807) is 0 Å². The highest BCUT2D eigenvalue weighted by molar-refractivity contribution is 5.72. The Kier molecular flexibility index (Phi) is 4.46. The molecule has 1 amide bonds. The summed E-state index contributed by atoms with van der Waals surface area (Å²) in [6, 6.07) is 1.85. The Morgan fingerprint density at radius 3 is 2.76 bits per heavy atom. The first kappa shape index (κ1) is 13.0. The number of carbonyl (C=O) groups excluding carboxylic acids is 1. The number of nitrogens with one attached hydrogen (secondary N) is 1. The van der Waals surface area contributed by atoms with Crippen LogP contribution in [-0.2, 0) is 4.79 Å². The molecule has 1 rings (SSSR count). The zero-order valence-electron chi connectivity index (χ0n) is 9.31. The topological polar surface area (TPSA) is 55.1 Å². The average Bonchev–Trinajstić information content (AvgIpc) is 2.24. The van der Waals surface area contributed by atoms with Gasteiger partial charge in [-0.05, 0) is 6.07 Å². The van der Waals surface area contributed by atoms with E-state index < -0.39 is 11.6 Å². The van der Waals surface area contributed by atoms with E-state index in [0.29, 0.717) is 19.0 Å². The maximum atomic E-state index is 13.2. The molecule has 1 aromatic carbocycles. The maximum Gasteiger partial charge on any atom is 0.216 e. The van der Waals surface area contributed by atoms with E-state index in [1.807, 2.05) is 0 Å². The average molecular weight is 238 g/mol. The second kappa shape index (κ2) is 5.85. The quantitative estimate of drug-likeness (QED) is 0.465. The summed E-state index contributed by atoms with van der Waals surface area (Å²) in [4.78, 5) is 10.5. The Labute approximate surface area is 98.0 Å². The molecule has 0 saturated heterocycles. The van der Waals surface area contributed by atoms with Crippen molar-refractivity contribution in [2.45, 2.75) is 13.3 Å². The van der Waals surface area contributed by atoms with E-state index >= 15 is 0 Å². The molecule has 5 heteroatoms. The van der Waals surface area contributed by atoms with Gasteiger partial charge < -0.3 is 11.1 Å². The van der Waals surface area contributed by atoms with Crippen molar-refractivity contribution < 1.29 is 13.6 Å². The van der Waals surface area contributed by atoms with Crippen LogP contribution >= 0.6 is 0 Å². The second-order valence-corrected chi connectivity index (χ2v) is 3.39. The molecule has 0 aliphatic carbocycles. The zero-order valence-corrected chi connectivity index (χ0v) is 9.31. The normalized spacial score (nSPS) is 9.35. The molecule has 0 radical (unpaired) electrons. The van der Waals surface area contributed by atoms with Crippen molar-refractivity contribution in [1.29, 1.82) is 0 Å². The van der Waals surface area contributed by atoms with Crippen LogP contribution in [0.5, 0.6) is 0 Å². The van der Waals surface area contributed by atoms with Gasteiger partial charge in [0.25, 0.3) is 0 Å². The molecule has 0 aliphatic rings. The lowest BCUT2D eigenvalue weighted by molar-refractivity contribution is -0.118. The van der Waals surface area contributed by atoms with Crippen molar-refractivity contribution in [2.24, 2.45) is 0 Å². The molecule has 3 nitrogen and oxygen atoms in total. The molecule has 1 aromatic rings. The standard InChI is InChI=1S/C12H12F2N2O/c1-8(17)16-5-3-2-4-9-6-12(15)11(14)7-10(9)13/h6-7H,3,5,15H2,1H3,(H,16,17). The number of benzene rings is 1. The predicted molar refractivity (Wildman–Crippen MR) is 60.9 cm³/mol. The van der Waals surface area contributed by atoms with Gasteiger partial charge in [-0.3, -0.25) is 4.79 Å². The minimum Gasteiger partial charge on any atom is -0.396 e. The number of anilines is 1. The minimum atomic E-state index is -0.800. The molecule has 17 heavy (non-hydrogen) atoms. The molecule has 0 fully saturated rings. The molecule has 0 saturated carbocycles. The van der Waals surface area contributed by atoms with Gasteiger partial charge in [0.2, 0.25) is 5.91 Å². The first-order valence-corrected chi connectivity index (χ1v) is 4.98. The monoisotopic (exact) mass is 238 g/mol.